The van der Waals surface area contributed by atoms with Gasteiger partial charge in [-0.05, 0) is 39.9 Å². The third-order valence-corrected chi connectivity index (χ3v) is 9.87. The van der Waals surface area contributed by atoms with E-state index < -0.39 is 29.9 Å². The lowest BCUT2D eigenvalue weighted by Crippen LogP contribution is -2.60. The first kappa shape index (κ1) is 36.6. The zero-order valence-electron chi connectivity index (χ0n) is 29.2. The van der Waals surface area contributed by atoms with Crippen LogP contribution in [-0.2, 0) is 55.9 Å². The molecule has 0 N–H and O–H groups in total. The lowest BCUT2D eigenvalue weighted by atomic mass is 9.98. The fourth-order valence-corrected chi connectivity index (χ4v) is 7.18. The quantitative estimate of drug-likeness (QED) is 0.0898. The van der Waals surface area contributed by atoms with Gasteiger partial charge >= 0.3 is 0 Å². The highest BCUT2D eigenvalue weighted by Crippen LogP contribution is 2.37. The highest BCUT2D eigenvalue weighted by molar-refractivity contribution is 7.99. The van der Waals surface area contributed by atoms with Crippen LogP contribution in [0.3, 0.4) is 0 Å². The SMILES string of the molecule is COc1cc(CSC2OC(COCc3ccccc3)C(OCc3ccccc3)C(OCc3ccccc3)C2OCc2ccccc2)cc(OC)c1. The average molecular weight is 707 g/mol. The molecule has 266 valence electrons. The predicted molar refractivity (Wildman–Crippen MR) is 201 cm³/mol. The fraction of sp³-hybridized carbons (Fsp3) is 0.302. The van der Waals surface area contributed by atoms with E-state index in [1.54, 1.807) is 26.0 Å². The van der Waals surface area contributed by atoms with E-state index in [9.17, 15) is 0 Å². The first-order valence-corrected chi connectivity index (χ1v) is 18.3. The average Bonchev–Trinajstić information content (AvgIpc) is 3.19. The summed E-state index contributed by atoms with van der Waals surface area (Å²) in [7, 11) is 3.32. The maximum Gasteiger partial charge on any atom is 0.133 e. The van der Waals surface area contributed by atoms with Crippen molar-refractivity contribution in [3.8, 4) is 11.5 Å². The van der Waals surface area contributed by atoms with Gasteiger partial charge in [-0.3, -0.25) is 0 Å². The summed E-state index contributed by atoms with van der Waals surface area (Å²) in [6, 6.07) is 46.6. The van der Waals surface area contributed by atoms with Crippen LogP contribution in [0.25, 0.3) is 0 Å². The van der Waals surface area contributed by atoms with Gasteiger partial charge in [-0.2, -0.15) is 0 Å². The van der Waals surface area contributed by atoms with Gasteiger partial charge in [0.05, 0.1) is 47.3 Å². The number of benzene rings is 5. The van der Waals surface area contributed by atoms with Crippen LogP contribution in [0.2, 0.25) is 0 Å². The van der Waals surface area contributed by atoms with E-state index in [1.807, 2.05) is 91.0 Å². The Labute approximate surface area is 305 Å². The molecule has 0 radical (unpaired) electrons. The maximum atomic E-state index is 6.99. The normalized spacial score (nSPS) is 20.2. The Morgan fingerprint density at radius 2 is 0.922 bits per heavy atom. The molecule has 1 aliphatic rings. The van der Waals surface area contributed by atoms with Crippen molar-refractivity contribution in [1.29, 1.82) is 0 Å². The Morgan fingerprint density at radius 3 is 1.39 bits per heavy atom. The number of rotatable bonds is 18. The molecule has 0 saturated carbocycles. The Morgan fingerprint density at radius 1 is 0.490 bits per heavy atom. The zero-order valence-corrected chi connectivity index (χ0v) is 30.0. The summed E-state index contributed by atoms with van der Waals surface area (Å²) in [4.78, 5) is 0. The fourth-order valence-electron chi connectivity index (χ4n) is 6.01. The van der Waals surface area contributed by atoms with Gasteiger partial charge in [-0.15, -0.1) is 11.8 Å². The molecule has 5 unspecified atom stereocenters. The summed E-state index contributed by atoms with van der Waals surface area (Å²) in [5, 5.41) is 0. The predicted octanol–water partition coefficient (Wildman–Crippen LogP) is 8.63. The monoisotopic (exact) mass is 706 g/mol. The molecular formula is C43H46O7S. The molecule has 0 spiro atoms. The minimum absolute atomic E-state index is 0.314. The molecule has 5 aromatic carbocycles. The number of methoxy groups -OCH3 is 2. The Bertz CT molecular complexity index is 1690. The zero-order chi connectivity index (χ0) is 35.1. The summed E-state index contributed by atoms with van der Waals surface area (Å²) in [5.41, 5.74) is 4.92. The standard InChI is InChI=1S/C43H46O7S/c1-44-37-23-36(24-38(25-37)45-2)31-51-43-42(49-29-35-21-13-6-14-22-35)41(48-28-34-19-11-5-12-20-34)40(47-27-33-17-9-4-10-18-33)39(50-43)30-46-26-32-15-7-3-8-16-32/h3-25,39-43H,26-31H2,1-2H3. The van der Waals surface area contributed by atoms with Gasteiger partial charge < -0.3 is 33.2 Å². The van der Waals surface area contributed by atoms with E-state index in [1.165, 1.54) is 0 Å². The van der Waals surface area contributed by atoms with Crippen molar-refractivity contribution in [2.75, 3.05) is 20.8 Å². The summed E-state index contributed by atoms with van der Waals surface area (Å²) in [6.07, 6.45) is -1.88. The number of hydrogen-bond donors (Lipinski definition) is 0. The van der Waals surface area contributed by atoms with Crippen molar-refractivity contribution in [2.45, 2.75) is 62.0 Å². The van der Waals surface area contributed by atoms with Gasteiger partial charge in [0.25, 0.3) is 0 Å². The molecule has 1 aliphatic heterocycles. The Hall–Kier alpha value is -4.15. The summed E-state index contributed by atoms with van der Waals surface area (Å²) in [5.74, 6) is 2.09. The molecule has 5 aromatic rings. The molecule has 6 rings (SSSR count). The number of ether oxygens (including phenoxy) is 7. The maximum absolute atomic E-state index is 6.99. The summed E-state index contributed by atoms with van der Waals surface area (Å²) in [6.45, 7) is 1.95. The van der Waals surface area contributed by atoms with Crippen LogP contribution in [0, 0.1) is 0 Å². The third-order valence-electron chi connectivity index (χ3n) is 8.67. The van der Waals surface area contributed by atoms with Crippen molar-refractivity contribution in [3.63, 3.8) is 0 Å². The second kappa shape index (κ2) is 19.5. The lowest BCUT2D eigenvalue weighted by molar-refractivity contribution is -0.254. The van der Waals surface area contributed by atoms with Gasteiger partial charge in [0.1, 0.15) is 41.4 Å². The summed E-state index contributed by atoms with van der Waals surface area (Å²) < 4.78 is 45.0. The van der Waals surface area contributed by atoms with Crippen LogP contribution in [-0.4, -0.2) is 50.7 Å². The minimum atomic E-state index is -0.487. The van der Waals surface area contributed by atoms with Gasteiger partial charge in [-0.25, -0.2) is 0 Å². The molecular weight excluding hydrogens is 661 g/mol. The molecule has 0 aromatic heterocycles. The topological polar surface area (TPSA) is 64.6 Å². The molecule has 0 bridgehead atoms. The molecule has 1 fully saturated rings. The molecule has 8 heteroatoms. The van der Waals surface area contributed by atoms with E-state index in [4.69, 9.17) is 33.2 Å². The molecule has 51 heavy (non-hydrogen) atoms. The van der Waals surface area contributed by atoms with Crippen LogP contribution in [0.1, 0.15) is 27.8 Å². The van der Waals surface area contributed by atoms with Crippen LogP contribution in [0.5, 0.6) is 11.5 Å². The lowest BCUT2D eigenvalue weighted by Gasteiger charge is -2.46. The number of hydrogen-bond acceptors (Lipinski definition) is 8. The second-order valence-corrected chi connectivity index (χ2v) is 13.4. The van der Waals surface area contributed by atoms with E-state index in [2.05, 4.69) is 48.5 Å². The van der Waals surface area contributed by atoms with Crippen molar-refractivity contribution in [3.05, 3.63) is 167 Å². The molecule has 0 aliphatic carbocycles. The first-order valence-electron chi connectivity index (χ1n) is 17.3. The van der Waals surface area contributed by atoms with E-state index in [0.717, 1.165) is 39.3 Å². The van der Waals surface area contributed by atoms with E-state index in [-0.39, 0.29) is 0 Å². The molecule has 7 nitrogen and oxygen atoms in total. The largest absolute Gasteiger partial charge is 0.497 e. The first-order chi connectivity index (χ1) is 25.2. The third kappa shape index (κ3) is 10.9. The molecule has 0 amide bonds. The Balaban J connectivity index is 1.31. The van der Waals surface area contributed by atoms with Crippen molar-refractivity contribution < 1.29 is 33.2 Å². The van der Waals surface area contributed by atoms with Gasteiger partial charge in [0.2, 0.25) is 0 Å². The highest BCUT2D eigenvalue weighted by Gasteiger charge is 2.48. The molecule has 1 saturated heterocycles. The van der Waals surface area contributed by atoms with Crippen LogP contribution >= 0.6 is 11.8 Å². The van der Waals surface area contributed by atoms with Crippen molar-refractivity contribution in [2.24, 2.45) is 0 Å². The van der Waals surface area contributed by atoms with Gasteiger partial charge in [0.15, 0.2) is 0 Å². The second-order valence-electron chi connectivity index (χ2n) is 12.4. The Kier molecular flexibility index (Phi) is 14.0. The molecule has 5 atom stereocenters. The highest BCUT2D eigenvalue weighted by atomic mass is 32.2. The van der Waals surface area contributed by atoms with Crippen LogP contribution in [0.4, 0.5) is 0 Å². The minimum Gasteiger partial charge on any atom is -0.497 e. The van der Waals surface area contributed by atoms with Crippen LogP contribution < -0.4 is 9.47 Å². The number of thioether (sulfide) groups is 1. The van der Waals surface area contributed by atoms with E-state index in [0.29, 0.717) is 38.8 Å². The van der Waals surface area contributed by atoms with Crippen LogP contribution in [0.15, 0.2) is 140 Å². The van der Waals surface area contributed by atoms with Gasteiger partial charge in [0, 0.05) is 11.8 Å². The van der Waals surface area contributed by atoms with Crippen molar-refractivity contribution >= 4 is 11.8 Å². The van der Waals surface area contributed by atoms with Crippen molar-refractivity contribution in [1.82, 2.24) is 0 Å². The van der Waals surface area contributed by atoms with E-state index >= 15 is 0 Å². The van der Waals surface area contributed by atoms with Gasteiger partial charge in [-0.1, -0.05) is 121 Å². The summed E-state index contributed by atoms with van der Waals surface area (Å²) >= 11 is 1.66. The molecule has 1 heterocycles. The smallest absolute Gasteiger partial charge is 0.133 e.